The summed E-state index contributed by atoms with van der Waals surface area (Å²) in [6, 6.07) is 0. The smallest absolute Gasteiger partial charge is 0.282 e. The summed E-state index contributed by atoms with van der Waals surface area (Å²) in [5.41, 5.74) is 0. The highest BCUT2D eigenvalue weighted by atomic mass is 16.2. The summed E-state index contributed by atoms with van der Waals surface area (Å²) in [4.78, 5) is 26.8. The van der Waals surface area contributed by atoms with Gasteiger partial charge in [-0.25, -0.2) is 4.99 Å². The van der Waals surface area contributed by atoms with Crippen LogP contribution in [0.25, 0.3) is 0 Å². The van der Waals surface area contributed by atoms with Gasteiger partial charge in [0.1, 0.15) is 6.34 Å². The lowest BCUT2D eigenvalue weighted by Gasteiger charge is -1.87. The molecule has 0 aromatic heterocycles. The predicted molar refractivity (Wildman–Crippen MR) is 27.0 cm³/mol. The molecule has 1 rings (SSSR count). The minimum Gasteiger partial charge on any atom is -0.282 e. The summed E-state index contributed by atoms with van der Waals surface area (Å²) in [7, 11) is 0. The van der Waals surface area contributed by atoms with E-state index in [4.69, 9.17) is 0 Å². The second-order valence-corrected chi connectivity index (χ2v) is 1.19. The van der Waals surface area contributed by atoms with Gasteiger partial charge in [0.25, 0.3) is 5.78 Å². The molecule has 8 heavy (non-hydrogen) atoms. The van der Waals surface area contributed by atoms with Gasteiger partial charge < -0.3 is 0 Å². The average Bonchev–Trinajstić information content (AvgIpc) is 1.77. The first-order valence-corrected chi connectivity index (χ1v) is 1.95. The van der Waals surface area contributed by atoms with E-state index in [2.05, 4.69) is 9.98 Å². The van der Waals surface area contributed by atoms with Crippen LogP contribution in [-0.4, -0.2) is 24.2 Å². The highest BCUT2D eigenvalue weighted by Crippen LogP contribution is 1.80. The first-order chi connectivity index (χ1) is 3.80. The molecule has 1 aliphatic rings. The van der Waals surface area contributed by atoms with Gasteiger partial charge in [0.2, 0.25) is 0 Å². The van der Waals surface area contributed by atoms with Crippen molar-refractivity contribution in [2.45, 2.75) is 0 Å². The van der Waals surface area contributed by atoms with E-state index in [1.165, 1.54) is 0 Å². The van der Waals surface area contributed by atoms with Crippen LogP contribution in [-0.2, 0) is 9.59 Å². The van der Waals surface area contributed by atoms with E-state index in [0.717, 1.165) is 12.6 Å². The van der Waals surface area contributed by atoms with Gasteiger partial charge in [0.15, 0.2) is 0 Å². The highest BCUT2D eigenvalue weighted by molar-refractivity contribution is 6.60. The van der Waals surface area contributed by atoms with Gasteiger partial charge in [0, 0.05) is 0 Å². The number of Topliss-reactive ketones (excluding diaryl/α,β-unsaturated/α-hetero) is 1. The minimum atomic E-state index is -0.750. The number of hydrogen-bond acceptors (Lipinski definition) is 3. The van der Waals surface area contributed by atoms with E-state index in [0.29, 0.717) is 0 Å². The fraction of sp³-hybridized carbons (Fsp3) is 0. The van der Waals surface area contributed by atoms with Gasteiger partial charge >= 0.3 is 5.91 Å². The third kappa shape index (κ3) is 0.676. The number of ketones is 1. The van der Waals surface area contributed by atoms with Crippen molar-refractivity contribution >= 4 is 24.2 Å². The van der Waals surface area contributed by atoms with Crippen LogP contribution in [0, 0.1) is 0 Å². The molecule has 0 bridgehead atoms. The summed E-state index contributed by atoms with van der Waals surface area (Å²) in [6.07, 6.45) is 1.99. The SMILES string of the molecule is O=C1C=NC=NC1=O. The van der Waals surface area contributed by atoms with Crippen LogP contribution in [0.15, 0.2) is 9.98 Å². The zero-order valence-electron chi connectivity index (χ0n) is 3.87. The fourth-order valence-corrected chi connectivity index (χ4v) is 0.306. The molecular formula is C4H2N2O2. The summed E-state index contributed by atoms with van der Waals surface area (Å²) in [5.74, 6) is -1.41. The van der Waals surface area contributed by atoms with Gasteiger partial charge in [-0.15, -0.1) is 0 Å². The van der Waals surface area contributed by atoms with Crippen molar-refractivity contribution in [1.29, 1.82) is 0 Å². The van der Waals surface area contributed by atoms with Gasteiger partial charge in [-0.1, -0.05) is 0 Å². The Morgan fingerprint density at radius 3 is 2.50 bits per heavy atom. The minimum absolute atomic E-state index is 0.660. The lowest BCUT2D eigenvalue weighted by molar-refractivity contribution is -0.131. The molecule has 0 aromatic rings. The van der Waals surface area contributed by atoms with Crippen LogP contribution >= 0.6 is 0 Å². The predicted octanol–water partition coefficient (Wildman–Crippen LogP) is -0.805. The summed E-state index contributed by atoms with van der Waals surface area (Å²) >= 11 is 0. The molecular weight excluding hydrogens is 108 g/mol. The molecule has 4 nitrogen and oxygen atoms in total. The molecule has 0 fully saturated rings. The Morgan fingerprint density at radius 1 is 1.38 bits per heavy atom. The fourth-order valence-electron chi connectivity index (χ4n) is 0.306. The first-order valence-electron chi connectivity index (χ1n) is 1.95. The van der Waals surface area contributed by atoms with Gasteiger partial charge in [-0.05, 0) is 0 Å². The van der Waals surface area contributed by atoms with E-state index in [9.17, 15) is 9.59 Å². The van der Waals surface area contributed by atoms with Crippen LogP contribution in [0.3, 0.4) is 0 Å². The summed E-state index contributed by atoms with van der Waals surface area (Å²) in [6.45, 7) is 0. The molecule has 0 aromatic carbocycles. The van der Waals surface area contributed by atoms with Crippen molar-refractivity contribution in [2.75, 3.05) is 0 Å². The largest absolute Gasteiger partial charge is 0.320 e. The van der Waals surface area contributed by atoms with E-state index in [1.807, 2.05) is 0 Å². The number of amides is 1. The highest BCUT2D eigenvalue weighted by Gasteiger charge is 2.09. The standard InChI is InChI=1S/C4H2N2O2/c7-3-1-5-2-6-4(3)8/h1-2H. The van der Waals surface area contributed by atoms with Crippen molar-refractivity contribution < 1.29 is 9.59 Å². The summed E-state index contributed by atoms with van der Waals surface area (Å²) in [5, 5.41) is 0. The zero-order chi connectivity index (χ0) is 5.98. The Balaban J connectivity index is 2.89. The van der Waals surface area contributed by atoms with Crippen LogP contribution in [0.2, 0.25) is 0 Å². The van der Waals surface area contributed by atoms with Gasteiger partial charge in [-0.3, -0.25) is 9.59 Å². The van der Waals surface area contributed by atoms with E-state index < -0.39 is 11.7 Å². The maximum Gasteiger partial charge on any atom is 0.320 e. The molecule has 0 saturated heterocycles. The number of hydrogen-bond donors (Lipinski definition) is 0. The van der Waals surface area contributed by atoms with Crippen LogP contribution in [0.1, 0.15) is 0 Å². The average molecular weight is 110 g/mol. The number of nitrogens with zero attached hydrogens (tertiary/aromatic N) is 2. The van der Waals surface area contributed by atoms with Gasteiger partial charge in [-0.2, -0.15) is 4.99 Å². The Morgan fingerprint density at radius 2 is 2.12 bits per heavy atom. The quantitative estimate of drug-likeness (QED) is 0.383. The zero-order valence-corrected chi connectivity index (χ0v) is 3.87. The van der Waals surface area contributed by atoms with Crippen molar-refractivity contribution in [3.05, 3.63) is 0 Å². The molecule has 0 radical (unpaired) electrons. The lowest BCUT2D eigenvalue weighted by atomic mass is 10.4. The van der Waals surface area contributed by atoms with Crippen molar-refractivity contribution in [2.24, 2.45) is 9.98 Å². The van der Waals surface area contributed by atoms with Crippen LogP contribution < -0.4 is 0 Å². The van der Waals surface area contributed by atoms with Crippen LogP contribution in [0.4, 0.5) is 0 Å². The molecule has 0 unspecified atom stereocenters. The second-order valence-electron chi connectivity index (χ2n) is 1.19. The number of carbonyl (C=O) groups excluding carboxylic acids is 2. The van der Waals surface area contributed by atoms with Crippen molar-refractivity contribution in [1.82, 2.24) is 0 Å². The maximum atomic E-state index is 10.2. The molecule has 0 spiro atoms. The third-order valence-corrected chi connectivity index (χ3v) is 0.644. The molecule has 4 heteroatoms. The number of rotatable bonds is 0. The Labute approximate surface area is 44.9 Å². The third-order valence-electron chi connectivity index (χ3n) is 0.644. The normalized spacial score (nSPS) is 17.5. The molecule has 1 amide bonds. The molecule has 40 valence electrons. The van der Waals surface area contributed by atoms with Gasteiger partial charge in [0.05, 0.1) is 6.21 Å². The van der Waals surface area contributed by atoms with Crippen LogP contribution in [0.5, 0.6) is 0 Å². The maximum absolute atomic E-state index is 10.2. The number of aliphatic imine (C=N–C) groups is 2. The Bertz CT molecular complexity index is 170. The summed E-state index contributed by atoms with van der Waals surface area (Å²) < 4.78 is 0. The Kier molecular flexibility index (Phi) is 0.997. The molecule has 0 aliphatic carbocycles. The Hall–Kier alpha value is -1.32. The molecule has 0 atom stereocenters. The van der Waals surface area contributed by atoms with E-state index >= 15 is 0 Å². The second kappa shape index (κ2) is 1.65. The number of carbonyl (C=O) groups is 2. The topological polar surface area (TPSA) is 58.9 Å². The molecule has 1 aliphatic heterocycles. The lowest BCUT2D eigenvalue weighted by Crippen LogP contribution is -2.15. The molecule has 0 N–H and O–H groups in total. The van der Waals surface area contributed by atoms with E-state index in [-0.39, 0.29) is 0 Å². The van der Waals surface area contributed by atoms with Crippen molar-refractivity contribution in [3.63, 3.8) is 0 Å². The van der Waals surface area contributed by atoms with Crippen molar-refractivity contribution in [3.8, 4) is 0 Å². The monoisotopic (exact) mass is 110 g/mol. The first kappa shape index (κ1) is 4.83. The van der Waals surface area contributed by atoms with E-state index in [1.54, 1.807) is 0 Å². The molecule has 1 heterocycles. The molecule has 0 saturated carbocycles.